The summed E-state index contributed by atoms with van der Waals surface area (Å²) < 4.78 is 29.6. The third-order valence-corrected chi connectivity index (χ3v) is 1.61. The van der Waals surface area contributed by atoms with E-state index in [0.29, 0.717) is 0 Å². The normalized spacial score (nSPS) is 10.7. The Hall–Kier alpha value is -1.66. The molecule has 0 aliphatic rings. The van der Waals surface area contributed by atoms with Gasteiger partial charge < -0.3 is 10.5 Å². The lowest BCUT2D eigenvalue weighted by Gasteiger charge is -2.01. The third-order valence-electron chi connectivity index (χ3n) is 1.61. The summed E-state index contributed by atoms with van der Waals surface area (Å²) >= 11 is 0. The van der Waals surface area contributed by atoms with Gasteiger partial charge in [0.2, 0.25) is 0 Å². The number of halogens is 2. The number of carbonyl (C=O) groups is 1. The van der Waals surface area contributed by atoms with Crippen molar-refractivity contribution in [1.29, 1.82) is 0 Å². The summed E-state index contributed by atoms with van der Waals surface area (Å²) in [6.07, 6.45) is -2.57. The second-order valence-electron chi connectivity index (χ2n) is 2.75. The van der Waals surface area contributed by atoms with E-state index in [0.717, 1.165) is 4.68 Å². The van der Waals surface area contributed by atoms with Crippen molar-refractivity contribution >= 4 is 11.8 Å². The van der Waals surface area contributed by atoms with Crippen LogP contribution < -0.4 is 5.73 Å². The molecule has 1 rings (SSSR count). The average Bonchev–Trinajstić information content (AvgIpc) is 2.47. The Balaban J connectivity index is 2.80. The summed E-state index contributed by atoms with van der Waals surface area (Å²) in [5.74, 6) is -0.657. The Morgan fingerprint density at radius 2 is 2.40 bits per heavy atom. The van der Waals surface area contributed by atoms with Crippen LogP contribution in [0.25, 0.3) is 0 Å². The second kappa shape index (κ2) is 4.72. The molecule has 0 aliphatic carbocycles. The number of nitrogens with two attached hydrogens (primary N) is 1. The number of alkyl halides is 2. The maximum atomic E-state index is 12.0. The molecule has 0 saturated carbocycles. The van der Waals surface area contributed by atoms with E-state index in [4.69, 9.17) is 5.73 Å². The van der Waals surface area contributed by atoms with E-state index in [1.807, 2.05) is 0 Å². The van der Waals surface area contributed by atoms with Crippen LogP contribution in [0, 0.1) is 0 Å². The van der Waals surface area contributed by atoms with Crippen LogP contribution in [0.5, 0.6) is 0 Å². The summed E-state index contributed by atoms with van der Waals surface area (Å²) in [5.41, 5.74) is 5.32. The largest absolute Gasteiger partial charge is 0.461 e. The highest BCUT2D eigenvalue weighted by molar-refractivity contribution is 5.88. The molecule has 1 aromatic heterocycles. The number of anilines is 1. The Bertz CT molecular complexity index is 352. The molecule has 7 heteroatoms. The Morgan fingerprint density at radius 3 is 2.93 bits per heavy atom. The minimum Gasteiger partial charge on any atom is -0.461 e. The van der Waals surface area contributed by atoms with Crippen molar-refractivity contribution in [2.24, 2.45) is 0 Å². The number of carbonyl (C=O) groups excluding carboxylic acids is 1. The van der Waals surface area contributed by atoms with Crippen LogP contribution in [0.4, 0.5) is 14.6 Å². The summed E-state index contributed by atoms with van der Waals surface area (Å²) in [5, 5.41) is 3.61. The van der Waals surface area contributed by atoms with E-state index in [9.17, 15) is 13.6 Å². The number of nitrogen functional groups attached to an aromatic ring is 1. The molecule has 84 valence electrons. The first-order valence-corrected chi connectivity index (χ1v) is 4.33. The number of rotatable bonds is 4. The van der Waals surface area contributed by atoms with Crippen molar-refractivity contribution in [2.75, 3.05) is 12.3 Å². The van der Waals surface area contributed by atoms with E-state index >= 15 is 0 Å². The zero-order valence-electron chi connectivity index (χ0n) is 8.11. The first-order chi connectivity index (χ1) is 7.04. The van der Waals surface area contributed by atoms with Crippen LogP contribution in [0.2, 0.25) is 0 Å². The smallest absolute Gasteiger partial charge is 0.358 e. The maximum absolute atomic E-state index is 12.0. The van der Waals surface area contributed by atoms with Crippen molar-refractivity contribution in [1.82, 2.24) is 9.78 Å². The highest BCUT2D eigenvalue weighted by Gasteiger charge is 2.15. The fourth-order valence-electron chi connectivity index (χ4n) is 1.01. The van der Waals surface area contributed by atoms with Crippen LogP contribution >= 0.6 is 0 Å². The lowest BCUT2D eigenvalue weighted by Crippen LogP contribution is -2.12. The molecule has 0 saturated heterocycles. The van der Waals surface area contributed by atoms with Gasteiger partial charge in [0.1, 0.15) is 12.4 Å². The molecule has 5 nitrogen and oxygen atoms in total. The number of esters is 1. The molecule has 1 aromatic rings. The van der Waals surface area contributed by atoms with Crippen molar-refractivity contribution in [2.45, 2.75) is 19.9 Å². The zero-order valence-corrected chi connectivity index (χ0v) is 8.11. The van der Waals surface area contributed by atoms with Crippen molar-refractivity contribution in [3.05, 3.63) is 11.8 Å². The van der Waals surface area contributed by atoms with Crippen molar-refractivity contribution in [3.63, 3.8) is 0 Å². The summed E-state index contributed by atoms with van der Waals surface area (Å²) in [6.45, 7) is 1.20. The molecular weight excluding hydrogens is 208 g/mol. The van der Waals surface area contributed by atoms with Crippen LogP contribution in [0.1, 0.15) is 17.4 Å². The predicted octanol–water partition coefficient (Wildman–Crippen LogP) is 0.907. The second-order valence-corrected chi connectivity index (χ2v) is 2.75. The number of nitrogens with zero attached hydrogens (tertiary/aromatic N) is 2. The summed E-state index contributed by atoms with van der Waals surface area (Å²) in [4.78, 5) is 11.2. The van der Waals surface area contributed by atoms with Gasteiger partial charge in [0.05, 0.1) is 6.61 Å². The van der Waals surface area contributed by atoms with Gasteiger partial charge in [-0.25, -0.2) is 18.3 Å². The molecule has 0 atom stereocenters. The quantitative estimate of drug-likeness (QED) is 0.764. The molecule has 0 unspecified atom stereocenters. The van der Waals surface area contributed by atoms with Gasteiger partial charge in [-0.05, 0) is 6.92 Å². The average molecular weight is 219 g/mol. The predicted molar refractivity (Wildman–Crippen MR) is 48.6 cm³/mol. The molecule has 0 bridgehead atoms. The fourth-order valence-corrected chi connectivity index (χ4v) is 1.01. The van der Waals surface area contributed by atoms with Gasteiger partial charge in [-0.3, -0.25) is 0 Å². The zero-order chi connectivity index (χ0) is 11.4. The minimum atomic E-state index is -2.57. The van der Waals surface area contributed by atoms with E-state index in [1.54, 1.807) is 6.92 Å². The minimum absolute atomic E-state index is 0.0124. The molecule has 0 radical (unpaired) electrons. The topological polar surface area (TPSA) is 70.1 Å². The highest BCUT2D eigenvalue weighted by Crippen LogP contribution is 2.09. The number of aromatic nitrogens is 2. The van der Waals surface area contributed by atoms with Crippen molar-refractivity contribution < 1.29 is 18.3 Å². The van der Waals surface area contributed by atoms with E-state index in [1.165, 1.54) is 6.07 Å². The molecule has 0 amide bonds. The first-order valence-electron chi connectivity index (χ1n) is 4.33. The molecule has 0 spiro atoms. The van der Waals surface area contributed by atoms with Crippen molar-refractivity contribution in [3.8, 4) is 0 Å². The van der Waals surface area contributed by atoms with Gasteiger partial charge in [0.15, 0.2) is 5.69 Å². The standard InChI is InChI=1S/C8H11F2N3O2/c1-2-15-8(14)5-3-7(11)13(12-5)4-6(9)10/h3,6H,2,4,11H2,1H3. The Labute approximate surface area is 84.8 Å². The highest BCUT2D eigenvalue weighted by atomic mass is 19.3. The number of ether oxygens (including phenoxy) is 1. The fraction of sp³-hybridized carbons (Fsp3) is 0.500. The van der Waals surface area contributed by atoms with Gasteiger partial charge in [-0.15, -0.1) is 0 Å². The van der Waals surface area contributed by atoms with E-state index in [-0.39, 0.29) is 18.1 Å². The molecular formula is C8H11F2N3O2. The van der Waals surface area contributed by atoms with Crippen LogP contribution in [-0.2, 0) is 11.3 Å². The lowest BCUT2D eigenvalue weighted by molar-refractivity contribution is 0.0516. The lowest BCUT2D eigenvalue weighted by atomic mass is 10.4. The molecule has 2 N–H and O–H groups in total. The molecule has 0 fully saturated rings. The van der Waals surface area contributed by atoms with Crippen LogP contribution in [0.15, 0.2) is 6.07 Å². The number of hydrogen-bond acceptors (Lipinski definition) is 4. The maximum Gasteiger partial charge on any atom is 0.358 e. The third kappa shape index (κ3) is 2.90. The van der Waals surface area contributed by atoms with Gasteiger partial charge in [0.25, 0.3) is 6.43 Å². The Kier molecular flexibility index (Phi) is 3.59. The monoisotopic (exact) mass is 219 g/mol. The summed E-state index contributed by atoms with van der Waals surface area (Å²) in [6, 6.07) is 1.21. The van der Waals surface area contributed by atoms with Crippen LogP contribution in [0.3, 0.4) is 0 Å². The van der Waals surface area contributed by atoms with Gasteiger partial charge in [-0.1, -0.05) is 0 Å². The SMILES string of the molecule is CCOC(=O)c1cc(N)n(CC(F)F)n1. The van der Waals surface area contributed by atoms with Crippen LogP contribution in [-0.4, -0.2) is 28.8 Å². The summed E-state index contributed by atoms with van der Waals surface area (Å²) in [7, 11) is 0. The number of hydrogen-bond donors (Lipinski definition) is 1. The molecule has 15 heavy (non-hydrogen) atoms. The van der Waals surface area contributed by atoms with E-state index in [2.05, 4.69) is 9.84 Å². The molecule has 1 heterocycles. The van der Waals surface area contributed by atoms with Gasteiger partial charge in [0, 0.05) is 6.07 Å². The van der Waals surface area contributed by atoms with Gasteiger partial charge >= 0.3 is 5.97 Å². The molecule has 0 aliphatic heterocycles. The van der Waals surface area contributed by atoms with E-state index < -0.39 is 18.9 Å². The molecule has 0 aromatic carbocycles. The van der Waals surface area contributed by atoms with Gasteiger partial charge in [-0.2, -0.15) is 5.10 Å². The first kappa shape index (κ1) is 11.4. The Morgan fingerprint density at radius 1 is 1.73 bits per heavy atom.